The lowest BCUT2D eigenvalue weighted by Gasteiger charge is -2.16. The van der Waals surface area contributed by atoms with Crippen LogP contribution in [0.5, 0.6) is 5.75 Å². The first-order chi connectivity index (χ1) is 12.5. The number of carbonyl (C=O) groups is 1. The van der Waals surface area contributed by atoms with Crippen LogP contribution in [0.3, 0.4) is 0 Å². The standard InChI is InChI=1S/C22H30N2O2/c1-18-10-11-19(2)21(16-18)26-15-12-22(25)23-13-7-14-24(3)17-20-8-5-4-6-9-20/h4-6,8-11,16H,7,12-15,17H2,1-3H3,(H,23,25). The van der Waals surface area contributed by atoms with Crippen LogP contribution in [0, 0.1) is 13.8 Å². The van der Waals surface area contributed by atoms with Gasteiger partial charge in [0.2, 0.25) is 5.91 Å². The van der Waals surface area contributed by atoms with E-state index in [0.717, 1.165) is 36.4 Å². The summed E-state index contributed by atoms with van der Waals surface area (Å²) in [7, 11) is 2.10. The van der Waals surface area contributed by atoms with Crippen molar-refractivity contribution in [3.63, 3.8) is 0 Å². The molecule has 0 aromatic heterocycles. The molecule has 2 rings (SSSR count). The first-order valence-corrected chi connectivity index (χ1v) is 9.24. The average Bonchev–Trinajstić information content (AvgIpc) is 2.62. The summed E-state index contributed by atoms with van der Waals surface area (Å²) in [5.74, 6) is 0.904. The molecule has 0 saturated heterocycles. The van der Waals surface area contributed by atoms with Gasteiger partial charge in [-0.15, -0.1) is 0 Å². The van der Waals surface area contributed by atoms with E-state index in [1.807, 2.05) is 32.0 Å². The van der Waals surface area contributed by atoms with Gasteiger partial charge in [0, 0.05) is 13.1 Å². The van der Waals surface area contributed by atoms with Crippen molar-refractivity contribution in [2.75, 3.05) is 26.7 Å². The summed E-state index contributed by atoms with van der Waals surface area (Å²) in [6, 6.07) is 16.5. The van der Waals surface area contributed by atoms with Crippen LogP contribution in [0.25, 0.3) is 0 Å². The second-order valence-electron chi connectivity index (χ2n) is 6.79. The second-order valence-corrected chi connectivity index (χ2v) is 6.79. The van der Waals surface area contributed by atoms with Crippen molar-refractivity contribution in [2.24, 2.45) is 0 Å². The summed E-state index contributed by atoms with van der Waals surface area (Å²) in [5.41, 5.74) is 3.56. The van der Waals surface area contributed by atoms with E-state index >= 15 is 0 Å². The van der Waals surface area contributed by atoms with Gasteiger partial charge in [-0.3, -0.25) is 4.79 Å². The molecular formula is C22H30N2O2. The number of carbonyl (C=O) groups excluding carboxylic acids is 1. The van der Waals surface area contributed by atoms with Crippen LogP contribution in [0.2, 0.25) is 0 Å². The molecule has 4 nitrogen and oxygen atoms in total. The molecule has 1 N–H and O–H groups in total. The highest BCUT2D eigenvalue weighted by Gasteiger charge is 2.05. The van der Waals surface area contributed by atoms with Crippen molar-refractivity contribution in [3.8, 4) is 5.75 Å². The van der Waals surface area contributed by atoms with Gasteiger partial charge < -0.3 is 15.0 Å². The number of amides is 1. The first-order valence-electron chi connectivity index (χ1n) is 9.24. The van der Waals surface area contributed by atoms with Gasteiger partial charge in [-0.25, -0.2) is 0 Å². The average molecular weight is 354 g/mol. The van der Waals surface area contributed by atoms with Crippen LogP contribution in [0.1, 0.15) is 29.5 Å². The summed E-state index contributed by atoms with van der Waals surface area (Å²) in [6.07, 6.45) is 1.32. The van der Waals surface area contributed by atoms with Crippen molar-refractivity contribution >= 4 is 5.91 Å². The van der Waals surface area contributed by atoms with E-state index < -0.39 is 0 Å². The minimum Gasteiger partial charge on any atom is -0.493 e. The van der Waals surface area contributed by atoms with E-state index in [0.29, 0.717) is 19.6 Å². The Morgan fingerprint density at radius 3 is 2.65 bits per heavy atom. The van der Waals surface area contributed by atoms with E-state index in [4.69, 9.17) is 4.74 Å². The molecule has 2 aromatic rings. The van der Waals surface area contributed by atoms with Gasteiger partial charge in [0.25, 0.3) is 0 Å². The lowest BCUT2D eigenvalue weighted by molar-refractivity contribution is -0.121. The van der Waals surface area contributed by atoms with E-state index in [1.54, 1.807) is 0 Å². The number of nitrogens with one attached hydrogen (secondary N) is 1. The van der Waals surface area contributed by atoms with E-state index in [2.05, 4.69) is 47.6 Å². The Morgan fingerprint density at radius 2 is 1.88 bits per heavy atom. The van der Waals surface area contributed by atoms with Gasteiger partial charge in [0.05, 0.1) is 13.0 Å². The van der Waals surface area contributed by atoms with Crippen molar-refractivity contribution < 1.29 is 9.53 Å². The summed E-state index contributed by atoms with van der Waals surface area (Å²) >= 11 is 0. The monoisotopic (exact) mass is 354 g/mol. The third kappa shape index (κ3) is 7.28. The maximum atomic E-state index is 11.9. The molecule has 0 aliphatic heterocycles. The molecule has 0 unspecified atom stereocenters. The molecule has 1 amide bonds. The summed E-state index contributed by atoms with van der Waals surface area (Å²) in [4.78, 5) is 14.2. The highest BCUT2D eigenvalue weighted by molar-refractivity contribution is 5.75. The molecule has 140 valence electrons. The number of ether oxygens (including phenoxy) is 1. The Hall–Kier alpha value is -2.33. The Bertz CT molecular complexity index is 686. The van der Waals surface area contributed by atoms with Crippen LogP contribution in [-0.2, 0) is 11.3 Å². The topological polar surface area (TPSA) is 41.6 Å². The molecule has 26 heavy (non-hydrogen) atoms. The van der Waals surface area contributed by atoms with Gasteiger partial charge in [-0.05, 0) is 56.6 Å². The minimum atomic E-state index is 0.0426. The van der Waals surface area contributed by atoms with Crippen molar-refractivity contribution in [1.82, 2.24) is 10.2 Å². The van der Waals surface area contributed by atoms with Gasteiger partial charge >= 0.3 is 0 Å². The predicted molar refractivity (Wildman–Crippen MR) is 106 cm³/mol. The summed E-state index contributed by atoms with van der Waals surface area (Å²) in [6.45, 7) is 7.03. The predicted octanol–water partition coefficient (Wildman–Crippen LogP) is 3.71. The van der Waals surface area contributed by atoms with Crippen LogP contribution in [-0.4, -0.2) is 37.6 Å². The van der Waals surface area contributed by atoms with Crippen molar-refractivity contribution in [2.45, 2.75) is 33.2 Å². The van der Waals surface area contributed by atoms with Crippen LogP contribution >= 0.6 is 0 Å². The molecule has 0 saturated carbocycles. The van der Waals surface area contributed by atoms with E-state index in [-0.39, 0.29) is 5.91 Å². The van der Waals surface area contributed by atoms with Crippen LogP contribution < -0.4 is 10.1 Å². The zero-order valence-corrected chi connectivity index (χ0v) is 16.1. The third-order valence-corrected chi connectivity index (χ3v) is 4.26. The molecule has 0 spiro atoms. The number of aryl methyl sites for hydroxylation is 2. The lowest BCUT2D eigenvalue weighted by atomic mass is 10.1. The Kier molecular flexibility index (Phi) is 8.16. The SMILES string of the molecule is Cc1ccc(C)c(OCCC(=O)NCCCN(C)Cc2ccccc2)c1. The molecule has 0 fully saturated rings. The Morgan fingerprint density at radius 1 is 1.12 bits per heavy atom. The van der Waals surface area contributed by atoms with E-state index in [1.165, 1.54) is 5.56 Å². The quantitative estimate of drug-likeness (QED) is 0.661. The van der Waals surface area contributed by atoms with Crippen molar-refractivity contribution in [3.05, 3.63) is 65.2 Å². The number of hydrogen-bond donors (Lipinski definition) is 1. The smallest absolute Gasteiger partial charge is 0.223 e. The molecule has 0 heterocycles. The zero-order chi connectivity index (χ0) is 18.8. The summed E-state index contributed by atoms with van der Waals surface area (Å²) < 4.78 is 5.73. The Labute approximate surface area is 157 Å². The van der Waals surface area contributed by atoms with Crippen molar-refractivity contribution in [1.29, 1.82) is 0 Å². The number of nitrogens with zero attached hydrogens (tertiary/aromatic N) is 1. The maximum Gasteiger partial charge on any atom is 0.223 e. The molecule has 0 atom stereocenters. The summed E-state index contributed by atoms with van der Waals surface area (Å²) in [5, 5.41) is 2.97. The zero-order valence-electron chi connectivity index (χ0n) is 16.1. The lowest BCUT2D eigenvalue weighted by Crippen LogP contribution is -2.29. The van der Waals surface area contributed by atoms with Gasteiger partial charge in [-0.1, -0.05) is 42.5 Å². The molecule has 2 aromatic carbocycles. The first kappa shape index (κ1) is 20.0. The molecule has 0 radical (unpaired) electrons. The maximum absolute atomic E-state index is 11.9. The minimum absolute atomic E-state index is 0.0426. The van der Waals surface area contributed by atoms with Gasteiger partial charge in [0.1, 0.15) is 5.75 Å². The fourth-order valence-electron chi connectivity index (χ4n) is 2.76. The number of rotatable bonds is 10. The highest BCUT2D eigenvalue weighted by atomic mass is 16.5. The van der Waals surface area contributed by atoms with E-state index in [9.17, 15) is 4.79 Å². The normalized spacial score (nSPS) is 10.8. The Balaban J connectivity index is 1.56. The van der Waals surface area contributed by atoms with Gasteiger partial charge in [0.15, 0.2) is 0 Å². The largest absolute Gasteiger partial charge is 0.493 e. The molecule has 0 aliphatic rings. The van der Waals surface area contributed by atoms with Crippen LogP contribution in [0.4, 0.5) is 0 Å². The molecule has 4 heteroatoms. The molecule has 0 bridgehead atoms. The molecule has 0 aliphatic carbocycles. The van der Waals surface area contributed by atoms with Gasteiger partial charge in [-0.2, -0.15) is 0 Å². The third-order valence-electron chi connectivity index (χ3n) is 4.26. The number of hydrogen-bond acceptors (Lipinski definition) is 3. The second kappa shape index (κ2) is 10.6. The fraction of sp³-hybridized carbons (Fsp3) is 0.409. The molecular weight excluding hydrogens is 324 g/mol. The number of benzene rings is 2. The fourth-order valence-corrected chi connectivity index (χ4v) is 2.76. The highest BCUT2D eigenvalue weighted by Crippen LogP contribution is 2.19. The van der Waals surface area contributed by atoms with Crippen LogP contribution in [0.15, 0.2) is 48.5 Å².